The SMILES string of the molecule is Cc1c[c-]c(-c2cc(C)c(C)cn2)cc1.Cc1cccc2c1oc1cc3oc4c(C)cccc4c3c(-c3ccnc(-c4[c-]cccc4)c3)c12.[Ir]. The molecule has 0 aliphatic carbocycles. The molecule has 0 saturated heterocycles. The predicted molar refractivity (Wildman–Crippen MR) is 201 cm³/mol. The van der Waals surface area contributed by atoms with Crippen molar-refractivity contribution in [2.45, 2.75) is 34.6 Å². The fourth-order valence-corrected chi connectivity index (χ4v) is 6.53. The van der Waals surface area contributed by atoms with Crippen molar-refractivity contribution in [3.05, 3.63) is 155 Å². The number of hydrogen-bond donors (Lipinski definition) is 0. The maximum Gasteiger partial charge on any atom is 0.139 e. The van der Waals surface area contributed by atoms with E-state index in [4.69, 9.17) is 8.83 Å². The summed E-state index contributed by atoms with van der Waals surface area (Å²) in [7, 11) is 0. The van der Waals surface area contributed by atoms with Gasteiger partial charge in [0.15, 0.2) is 0 Å². The summed E-state index contributed by atoms with van der Waals surface area (Å²) in [6.45, 7) is 10.4. The van der Waals surface area contributed by atoms with Crippen molar-refractivity contribution in [3.8, 4) is 33.6 Å². The molecular formula is C45H34IrN2O2-2. The van der Waals surface area contributed by atoms with E-state index in [1.807, 2.05) is 48.8 Å². The van der Waals surface area contributed by atoms with Crippen LogP contribution < -0.4 is 0 Å². The van der Waals surface area contributed by atoms with Crippen LogP contribution in [0.4, 0.5) is 0 Å². The van der Waals surface area contributed by atoms with E-state index in [-0.39, 0.29) is 20.1 Å². The number of benzene rings is 5. The molecule has 5 aromatic carbocycles. The maximum absolute atomic E-state index is 6.41. The van der Waals surface area contributed by atoms with Gasteiger partial charge in [0.05, 0.1) is 0 Å². The number of para-hydroxylation sites is 2. The number of hydrogen-bond acceptors (Lipinski definition) is 4. The zero-order valence-corrected chi connectivity index (χ0v) is 30.9. The minimum atomic E-state index is 0. The second kappa shape index (κ2) is 13.5. The summed E-state index contributed by atoms with van der Waals surface area (Å²) in [4.78, 5) is 9.05. The maximum atomic E-state index is 6.41. The first kappa shape index (κ1) is 33.2. The first-order valence-electron chi connectivity index (χ1n) is 16.5. The Hall–Kier alpha value is -5.35. The van der Waals surface area contributed by atoms with Gasteiger partial charge in [-0.15, -0.1) is 71.3 Å². The third-order valence-electron chi connectivity index (χ3n) is 9.29. The third kappa shape index (κ3) is 5.93. The van der Waals surface area contributed by atoms with E-state index in [2.05, 4.69) is 123 Å². The van der Waals surface area contributed by atoms with Gasteiger partial charge in [0.25, 0.3) is 0 Å². The summed E-state index contributed by atoms with van der Waals surface area (Å²) < 4.78 is 12.8. The van der Waals surface area contributed by atoms with Crippen LogP contribution in [-0.2, 0) is 20.1 Å². The molecule has 247 valence electrons. The molecular weight excluding hydrogens is 793 g/mol. The van der Waals surface area contributed by atoms with Crippen LogP contribution in [0.2, 0.25) is 0 Å². The van der Waals surface area contributed by atoms with Gasteiger partial charge >= 0.3 is 0 Å². The van der Waals surface area contributed by atoms with Crippen molar-refractivity contribution in [2.24, 2.45) is 0 Å². The second-order valence-electron chi connectivity index (χ2n) is 12.7. The molecule has 1 radical (unpaired) electrons. The van der Waals surface area contributed by atoms with Crippen LogP contribution in [0.1, 0.15) is 27.8 Å². The summed E-state index contributed by atoms with van der Waals surface area (Å²) in [6, 6.07) is 41.6. The van der Waals surface area contributed by atoms with Crippen molar-refractivity contribution in [3.63, 3.8) is 0 Å². The molecule has 0 fully saturated rings. The van der Waals surface area contributed by atoms with Crippen molar-refractivity contribution in [1.29, 1.82) is 0 Å². The van der Waals surface area contributed by atoms with Gasteiger partial charge in [-0.05, 0) is 67.4 Å². The van der Waals surface area contributed by atoms with Crippen molar-refractivity contribution in [2.75, 3.05) is 0 Å². The molecule has 50 heavy (non-hydrogen) atoms. The predicted octanol–water partition coefficient (Wildman–Crippen LogP) is 12.1. The van der Waals surface area contributed by atoms with Gasteiger partial charge < -0.3 is 18.8 Å². The summed E-state index contributed by atoms with van der Waals surface area (Å²) in [5.74, 6) is 0. The molecule has 0 aliphatic rings. The average Bonchev–Trinajstić information content (AvgIpc) is 3.69. The van der Waals surface area contributed by atoms with Crippen LogP contribution in [0.3, 0.4) is 0 Å². The van der Waals surface area contributed by atoms with Gasteiger partial charge in [0, 0.05) is 65.7 Å². The van der Waals surface area contributed by atoms with Crippen molar-refractivity contribution >= 4 is 43.9 Å². The molecule has 0 N–H and O–H groups in total. The van der Waals surface area contributed by atoms with E-state index in [1.54, 1.807) is 0 Å². The molecule has 0 unspecified atom stereocenters. The number of pyridine rings is 2. The number of fused-ring (bicyclic) bond motifs is 6. The quantitative estimate of drug-likeness (QED) is 0.167. The number of aromatic nitrogens is 2. The third-order valence-corrected chi connectivity index (χ3v) is 9.29. The van der Waals surface area contributed by atoms with E-state index in [0.29, 0.717) is 0 Å². The van der Waals surface area contributed by atoms with Crippen LogP contribution >= 0.6 is 0 Å². The van der Waals surface area contributed by atoms with E-state index in [9.17, 15) is 0 Å². The first-order chi connectivity index (χ1) is 23.9. The van der Waals surface area contributed by atoms with Crippen LogP contribution in [0, 0.1) is 46.8 Å². The van der Waals surface area contributed by atoms with Gasteiger partial charge in [-0.2, -0.15) is 0 Å². The fraction of sp³-hybridized carbons (Fsp3) is 0.111. The minimum Gasteiger partial charge on any atom is -0.456 e. The Morgan fingerprint density at radius 1 is 0.560 bits per heavy atom. The van der Waals surface area contributed by atoms with Crippen LogP contribution in [-0.4, -0.2) is 9.97 Å². The van der Waals surface area contributed by atoms with E-state index < -0.39 is 0 Å². The Balaban J connectivity index is 0.000000207. The molecule has 0 amide bonds. The monoisotopic (exact) mass is 827 g/mol. The van der Waals surface area contributed by atoms with Crippen molar-refractivity contribution in [1.82, 2.24) is 9.97 Å². The topological polar surface area (TPSA) is 52.1 Å². The van der Waals surface area contributed by atoms with Gasteiger partial charge in [-0.1, -0.05) is 61.0 Å². The zero-order valence-electron chi connectivity index (χ0n) is 28.5. The van der Waals surface area contributed by atoms with Gasteiger partial charge in [-0.3, -0.25) is 0 Å². The molecule has 4 heterocycles. The van der Waals surface area contributed by atoms with Crippen LogP contribution in [0.15, 0.2) is 124 Å². The normalized spacial score (nSPS) is 11.1. The van der Waals surface area contributed by atoms with Crippen molar-refractivity contribution < 1.29 is 28.9 Å². The van der Waals surface area contributed by atoms with Crippen LogP contribution in [0.5, 0.6) is 0 Å². The number of aryl methyl sites for hydroxylation is 5. The zero-order chi connectivity index (χ0) is 33.6. The molecule has 9 aromatic rings. The summed E-state index contributed by atoms with van der Waals surface area (Å²) in [6.07, 6.45) is 3.79. The number of nitrogens with zero attached hydrogens (tertiary/aromatic N) is 2. The molecule has 5 heteroatoms. The Labute approximate surface area is 305 Å². The van der Waals surface area contributed by atoms with E-state index in [0.717, 1.165) is 88.6 Å². The van der Waals surface area contributed by atoms with Crippen LogP contribution in [0.25, 0.3) is 77.5 Å². The first-order valence-corrected chi connectivity index (χ1v) is 16.5. The molecule has 4 aromatic heterocycles. The Bertz CT molecular complexity index is 2560. The van der Waals surface area contributed by atoms with E-state index in [1.165, 1.54) is 16.7 Å². The Kier molecular flexibility index (Phi) is 8.96. The van der Waals surface area contributed by atoms with Gasteiger partial charge in [0.1, 0.15) is 22.3 Å². The number of furan rings is 2. The van der Waals surface area contributed by atoms with Gasteiger partial charge in [-0.25, -0.2) is 0 Å². The molecule has 9 rings (SSSR count). The smallest absolute Gasteiger partial charge is 0.139 e. The summed E-state index contributed by atoms with van der Waals surface area (Å²) in [5.41, 5.74) is 15.5. The minimum absolute atomic E-state index is 0. The molecule has 0 spiro atoms. The molecule has 0 aliphatic heterocycles. The fourth-order valence-electron chi connectivity index (χ4n) is 6.53. The Morgan fingerprint density at radius 3 is 1.82 bits per heavy atom. The second-order valence-corrected chi connectivity index (χ2v) is 12.7. The molecule has 0 atom stereocenters. The average molecular weight is 827 g/mol. The standard InChI is InChI=1S/C31H20NO2.C14H14N.Ir/c1-18-8-6-12-22-28-25(33-30(18)22)17-26-29(23-13-7-9-19(2)31(23)34-26)27(28)21-14-15-32-24(16-21)20-10-4-3-5-11-20;1-10-4-6-13(7-5-10)14-8-11(2)12(3)9-15-14;/h3-10,12-17H,1-2H3;4-6,8-9H,1-3H3;/q2*-1;. The molecule has 0 saturated carbocycles. The Morgan fingerprint density at radius 2 is 1.22 bits per heavy atom. The van der Waals surface area contributed by atoms with Gasteiger partial charge in [0.2, 0.25) is 0 Å². The largest absolute Gasteiger partial charge is 0.456 e. The summed E-state index contributed by atoms with van der Waals surface area (Å²) in [5, 5.41) is 4.42. The number of rotatable bonds is 3. The molecule has 0 bridgehead atoms. The van der Waals surface area contributed by atoms with E-state index >= 15 is 0 Å². The summed E-state index contributed by atoms with van der Waals surface area (Å²) >= 11 is 0. The molecule has 4 nitrogen and oxygen atoms in total.